The Morgan fingerprint density at radius 3 is 2.52 bits per heavy atom. The molecule has 3 aromatic rings. The second-order valence-electron chi connectivity index (χ2n) is 9.74. The molecule has 1 atom stereocenters. The number of alkyl halides is 3. The number of aliphatic carboxylic acids is 1. The number of hydrogen-bond donors (Lipinski definition) is 2. The molecule has 0 saturated carbocycles. The van der Waals surface area contributed by atoms with Gasteiger partial charge in [0, 0.05) is 18.0 Å². The number of halogens is 4. The Morgan fingerprint density at radius 2 is 1.88 bits per heavy atom. The van der Waals surface area contributed by atoms with Crippen molar-refractivity contribution >= 4 is 34.2 Å². The van der Waals surface area contributed by atoms with Crippen LogP contribution in [-0.4, -0.2) is 40.3 Å². The maximum Gasteiger partial charge on any atom is 0.420 e. The summed E-state index contributed by atoms with van der Waals surface area (Å²) in [6, 6.07) is 6.53. The minimum Gasteiger partial charge on any atom is -0.481 e. The van der Waals surface area contributed by atoms with Crippen LogP contribution in [-0.2, 0) is 22.1 Å². The second-order valence-corrected chi connectivity index (χ2v) is 10.7. The number of carboxylic acids is 1. The first kappa shape index (κ1) is 32.9. The minimum atomic E-state index is -4.73. The largest absolute Gasteiger partial charge is 0.481 e. The summed E-state index contributed by atoms with van der Waals surface area (Å²) in [5, 5.41) is 8.31. The van der Waals surface area contributed by atoms with Crippen molar-refractivity contribution in [1.29, 1.82) is 0 Å². The van der Waals surface area contributed by atoms with Crippen LogP contribution in [0.15, 0.2) is 42.7 Å². The van der Waals surface area contributed by atoms with E-state index in [1.54, 1.807) is 12.1 Å². The quantitative estimate of drug-likeness (QED) is 0.134. The Labute approximate surface area is 245 Å². The Morgan fingerprint density at radius 1 is 1.14 bits per heavy atom. The molecule has 0 fully saturated rings. The fourth-order valence-electron chi connectivity index (χ4n) is 4.36. The molecule has 0 spiro atoms. The number of nitrogens with two attached hydrogens (primary N) is 1. The van der Waals surface area contributed by atoms with E-state index >= 15 is 4.39 Å². The maximum atomic E-state index is 15.0. The van der Waals surface area contributed by atoms with Crippen LogP contribution in [0.5, 0.6) is 0 Å². The summed E-state index contributed by atoms with van der Waals surface area (Å²) in [6.07, 6.45) is 2.56. The number of benzene rings is 1. The summed E-state index contributed by atoms with van der Waals surface area (Å²) >= 11 is 0.434. The van der Waals surface area contributed by atoms with E-state index in [4.69, 9.17) is 10.5 Å². The predicted octanol–water partition coefficient (Wildman–Crippen LogP) is 7.59. The highest BCUT2D eigenvalue weighted by molar-refractivity contribution is 7.14. The van der Waals surface area contributed by atoms with Gasteiger partial charge in [-0.15, -0.1) is 0 Å². The Kier molecular flexibility index (Phi) is 12.2. The summed E-state index contributed by atoms with van der Waals surface area (Å²) in [5.74, 6) is -2.39. The molecule has 3 rings (SSSR count). The van der Waals surface area contributed by atoms with E-state index < -0.39 is 41.5 Å². The van der Waals surface area contributed by atoms with E-state index in [2.05, 4.69) is 16.9 Å². The zero-order valence-corrected chi connectivity index (χ0v) is 24.0. The molecular weight excluding hydrogens is 576 g/mol. The molecule has 1 aromatic carbocycles. The second kappa shape index (κ2) is 15.6. The molecule has 228 valence electrons. The Balaban J connectivity index is 1.98. The Bertz CT molecular complexity index is 1320. The van der Waals surface area contributed by atoms with E-state index in [1.807, 2.05) is 0 Å². The topological polar surface area (TPSA) is 119 Å². The maximum absolute atomic E-state index is 15.0. The first-order valence-electron chi connectivity index (χ1n) is 13.7. The van der Waals surface area contributed by atoms with Gasteiger partial charge in [-0.05, 0) is 55.6 Å². The average Bonchev–Trinajstić information content (AvgIpc) is 3.34. The van der Waals surface area contributed by atoms with Crippen molar-refractivity contribution in [2.75, 3.05) is 18.1 Å². The van der Waals surface area contributed by atoms with Crippen LogP contribution in [0.4, 0.5) is 33.2 Å². The number of ether oxygens (including phenoxy) is 1. The van der Waals surface area contributed by atoms with Crippen molar-refractivity contribution < 1.29 is 37.0 Å². The fourth-order valence-corrected chi connectivity index (χ4v) is 5.19. The zero-order valence-electron chi connectivity index (χ0n) is 23.2. The number of nitrogens with zero attached hydrogens (tertiary/aromatic N) is 3. The number of pyridine rings is 1. The summed E-state index contributed by atoms with van der Waals surface area (Å²) in [6.45, 7) is 1.51. The summed E-state index contributed by atoms with van der Waals surface area (Å²) < 4.78 is 62.8. The molecule has 0 aliphatic carbocycles. The standard InChI is InChI=1S/C29H34F4N4O4S/c1-2-3-4-5-6-7-9-19-11-12-22(16-23(19)29(31,32)33)37(28(40)41-18-21(13-14-34)26(38)39)27-36-24(25(30)42-27)20-10-8-15-35-17-20/h8,10-12,15-17,21H,2-7,9,13-14,18,34H2,1H3,(H,38,39). The number of carbonyl (C=O) groups is 2. The third-order valence-corrected chi connectivity index (χ3v) is 7.44. The van der Waals surface area contributed by atoms with Gasteiger partial charge in [-0.1, -0.05) is 56.4 Å². The lowest BCUT2D eigenvalue weighted by atomic mass is 9.99. The fraction of sp³-hybridized carbons (Fsp3) is 0.448. The molecule has 0 aliphatic rings. The van der Waals surface area contributed by atoms with E-state index in [1.165, 1.54) is 24.5 Å². The van der Waals surface area contributed by atoms with Crippen LogP contribution in [0.2, 0.25) is 0 Å². The van der Waals surface area contributed by atoms with Crippen molar-refractivity contribution in [3.8, 4) is 11.3 Å². The van der Waals surface area contributed by atoms with E-state index in [0.717, 1.165) is 43.1 Å². The summed E-state index contributed by atoms with van der Waals surface area (Å²) in [7, 11) is 0. The number of thiazole rings is 1. The molecule has 13 heteroatoms. The molecule has 42 heavy (non-hydrogen) atoms. The van der Waals surface area contributed by atoms with Crippen LogP contribution >= 0.6 is 11.3 Å². The number of aromatic nitrogens is 2. The van der Waals surface area contributed by atoms with Crippen molar-refractivity contribution in [3.63, 3.8) is 0 Å². The van der Waals surface area contributed by atoms with Crippen LogP contribution in [0.3, 0.4) is 0 Å². The van der Waals surface area contributed by atoms with Crippen LogP contribution < -0.4 is 10.6 Å². The molecule has 0 radical (unpaired) electrons. The van der Waals surface area contributed by atoms with Crippen molar-refractivity contribution in [2.45, 2.75) is 64.5 Å². The third kappa shape index (κ3) is 8.96. The number of anilines is 2. The number of amides is 1. The molecule has 0 aliphatic heterocycles. The van der Waals surface area contributed by atoms with Gasteiger partial charge < -0.3 is 15.6 Å². The minimum absolute atomic E-state index is 0.00497. The molecule has 0 saturated heterocycles. The van der Waals surface area contributed by atoms with Gasteiger partial charge in [0.25, 0.3) is 0 Å². The van der Waals surface area contributed by atoms with Gasteiger partial charge in [0.05, 0.1) is 17.2 Å². The number of hydrogen-bond acceptors (Lipinski definition) is 7. The number of carboxylic acid groups (broad SMARTS) is 1. The number of rotatable bonds is 15. The molecule has 3 N–H and O–H groups in total. The molecule has 1 amide bonds. The van der Waals surface area contributed by atoms with Crippen LogP contribution in [0.25, 0.3) is 11.3 Å². The molecular formula is C29H34F4N4O4S. The van der Waals surface area contributed by atoms with Gasteiger partial charge in [-0.2, -0.15) is 17.6 Å². The van der Waals surface area contributed by atoms with Crippen LogP contribution in [0.1, 0.15) is 63.0 Å². The van der Waals surface area contributed by atoms with Gasteiger partial charge in [-0.3, -0.25) is 9.78 Å². The van der Waals surface area contributed by atoms with Gasteiger partial charge in [0.15, 0.2) is 0 Å². The highest BCUT2D eigenvalue weighted by Gasteiger charge is 2.35. The van der Waals surface area contributed by atoms with Gasteiger partial charge in [0.1, 0.15) is 12.3 Å². The molecule has 1 unspecified atom stereocenters. The highest BCUT2D eigenvalue weighted by Crippen LogP contribution is 2.40. The number of aryl methyl sites for hydroxylation is 1. The average molecular weight is 611 g/mol. The SMILES string of the molecule is CCCCCCCCc1ccc(N(C(=O)OCC(CCN)C(=O)O)c2nc(-c3cccnc3)c(F)s2)cc1C(F)(F)F. The lowest BCUT2D eigenvalue weighted by Gasteiger charge is -2.23. The number of unbranched alkanes of at least 4 members (excludes halogenated alkanes) is 5. The van der Waals surface area contributed by atoms with Crippen molar-refractivity contribution in [1.82, 2.24) is 9.97 Å². The molecule has 2 aromatic heterocycles. The summed E-state index contributed by atoms with van der Waals surface area (Å²) in [4.78, 5) is 33.7. The number of carbonyl (C=O) groups excluding carboxylic acids is 1. The van der Waals surface area contributed by atoms with E-state index in [9.17, 15) is 27.9 Å². The lowest BCUT2D eigenvalue weighted by molar-refractivity contribution is -0.143. The summed E-state index contributed by atoms with van der Waals surface area (Å²) in [5.41, 5.74) is 4.49. The first-order chi connectivity index (χ1) is 20.1. The predicted molar refractivity (Wildman–Crippen MR) is 152 cm³/mol. The smallest absolute Gasteiger partial charge is 0.420 e. The highest BCUT2D eigenvalue weighted by atomic mass is 32.1. The monoisotopic (exact) mass is 610 g/mol. The molecule has 8 nitrogen and oxygen atoms in total. The lowest BCUT2D eigenvalue weighted by Crippen LogP contribution is -2.31. The Hall–Kier alpha value is -3.58. The van der Waals surface area contributed by atoms with Crippen molar-refractivity contribution in [3.05, 3.63) is 59.0 Å². The van der Waals surface area contributed by atoms with E-state index in [-0.39, 0.29) is 41.5 Å². The zero-order chi connectivity index (χ0) is 30.7. The van der Waals surface area contributed by atoms with Crippen molar-refractivity contribution in [2.24, 2.45) is 11.7 Å². The third-order valence-electron chi connectivity index (χ3n) is 6.61. The normalized spacial score (nSPS) is 12.2. The molecule has 0 bridgehead atoms. The van der Waals surface area contributed by atoms with Gasteiger partial charge in [-0.25, -0.2) is 14.7 Å². The van der Waals surface area contributed by atoms with E-state index in [0.29, 0.717) is 23.3 Å². The first-order valence-corrected chi connectivity index (χ1v) is 14.5. The van der Waals surface area contributed by atoms with Gasteiger partial charge in [0.2, 0.25) is 10.3 Å². The van der Waals surface area contributed by atoms with Gasteiger partial charge >= 0.3 is 18.2 Å². The molecule has 2 heterocycles. The van der Waals surface area contributed by atoms with Crippen LogP contribution in [0, 0.1) is 11.0 Å².